The molecule has 1 N–H and O–H groups in total. The molecule has 0 aliphatic carbocycles. The lowest BCUT2D eigenvalue weighted by Gasteiger charge is -2.21. The lowest BCUT2D eigenvalue weighted by molar-refractivity contribution is -0.118. The number of thioether (sulfide) groups is 2. The van der Waals surface area contributed by atoms with E-state index in [9.17, 15) is 9.59 Å². The lowest BCUT2D eigenvalue weighted by atomic mass is 10.2. The van der Waals surface area contributed by atoms with Crippen LogP contribution < -0.4 is 10.1 Å². The summed E-state index contributed by atoms with van der Waals surface area (Å²) in [5.41, 5.74) is 2.10. The first kappa shape index (κ1) is 21.9. The molecule has 8 heteroatoms. The third-order valence-electron chi connectivity index (χ3n) is 4.24. The van der Waals surface area contributed by atoms with Crippen molar-refractivity contribution in [1.29, 1.82) is 0 Å². The van der Waals surface area contributed by atoms with Crippen LogP contribution in [0.5, 0.6) is 5.75 Å². The Morgan fingerprint density at radius 2 is 1.83 bits per heavy atom. The number of nitrogens with one attached hydrogen (secondary N) is 1. The molecule has 1 heterocycles. The molecule has 1 aliphatic rings. The molecule has 2 aromatic rings. The number of hydrogen-bond acceptors (Lipinski definition) is 5. The molecule has 1 fully saturated rings. The fraction of sp³-hybridized carbons (Fsp3) is 0.333. The zero-order valence-corrected chi connectivity index (χ0v) is 18.7. The molecule has 3 rings (SSSR count). The van der Waals surface area contributed by atoms with Gasteiger partial charge in [0.25, 0.3) is 11.8 Å². The molecule has 154 valence electrons. The zero-order chi connectivity index (χ0) is 20.8. The summed E-state index contributed by atoms with van der Waals surface area (Å²) in [4.78, 5) is 25.8. The first-order valence-corrected chi connectivity index (χ1v) is 11.7. The maximum atomic E-state index is 12.3. The van der Waals surface area contributed by atoms with Gasteiger partial charge < -0.3 is 15.0 Å². The highest BCUT2D eigenvalue weighted by Crippen LogP contribution is 2.43. The number of rotatable bonds is 6. The predicted molar refractivity (Wildman–Crippen MR) is 122 cm³/mol. The van der Waals surface area contributed by atoms with Crippen molar-refractivity contribution in [3.8, 4) is 5.75 Å². The average molecular weight is 451 g/mol. The molecule has 2 amide bonds. The number of anilines is 1. The molecule has 1 aliphatic heterocycles. The number of carbonyl (C=O) groups is 2. The van der Waals surface area contributed by atoms with Crippen LogP contribution in [0.4, 0.5) is 5.69 Å². The van der Waals surface area contributed by atoms with E-state index < -0.39 is 0 Å². The first-order chi connectivity index (χ1) is 13.9. The van der Waals surface area contributed by atoms with Crippen molar-refractivity contribution in [3.63, 3.8) is 0 Å². The summed E-state index contributed by atoms with van der Waals surface area (Å²) in [7, 11) is 3.33. The van der Waals surface area contributed by atoms with Crippen molar-refractivity contribution in [2.75, 3.05) is 37.5 Å². The summed E-state index contributed by atoms with van der Waals surface area (Å²) in [5, 5.41) is 3.07. The van der Waals surface area contributed by atoms with Crippen LogP contribution in [0.1, 0.15) is 26.9 Å². The summed E-state index contributed by atoms with van der Waals surface area (Å²) >= 11 is 10.1. The molecule has 0 unspecified atom stereocenters. The van der Waals surface area contributed by atoms with Gasteiger partial charge in [-0.3, -0.25) is 9.59 Å². The SMILES string of the molecule is CN(C)C(=O)c1ccc(Cl)c(NC(=O)COc2ccc(C3SCCCS3)cc2)c1. The molecular formula is C21H23ClN2O3S2. The van der Waals surface area contributed by atoms with Gasteiger partial charge >= 0.3 is 0 Å². The molecule has 0 saturated carbocycles. The second-order valence-electron chi connectivity index (χ2n) is 6.73. The fourth-order valence-corrected chi connectivity index (χ4v) is 5.81. The van der Waals surface area contributed by atoms with Gasteiger partial charge in [-0.05, 0) is 53.8 Å². The van der Waals surface area contributed by atoms with Crippen LogP contribution in [0.3, 0.4) is 0 Å². The van der Waals surface area contributed by atoms with E-state index in [1.807, 2.05) is 35.7 Å². The Morgan fingerprint density at radius 1 is 1.14 bits per heavy atom. The van der Waals surface area contributed by atoms with Crippen molar-refractivity contribution >= 4 is 52.6 Å². The van der Waals surface area contributed by atoms with Crippen molar-refractivity contribution in [3.05, 3.63) is 58.6 Å². The van der Waals surface area contributed by atoms with E-state index in [-0.39, 0.29) is 18.4 Å². The second kappa shape index (κ2) is 10.3. The number of amides is 2. The van der Waals surface area contributed by atoms with E-state index in [2.05, 4.69) is 17.4 Å². The van der Waals surface area contributed by atoms with Crippen LogP contribution in [0.15, 0.2) is 42.5 Å². The Hall–Kier alpha value is -1.83. The Kier molecular flexibility index (Phi) is 7.75. The van der Waals surface area contributed by atoms with Crippen LogP contribution in [-0.2, 0) is 4.79 Å². The van der Waals surface area contributed by atoms with Crippen molar-refractivity contribution in [2.24, 2.45) is 0 Å². The van der Waals surface area contributed by atoms with E-state index in [1.54, 1.807) is 32.3 Å². The second-order valence-corrected chi connectivity index (χ2v) is 9.86. The lowest BCUT2D eigenvalue weighted by Crippen LogP contribution is -2.23. The van der Waals surface area contributed by atoms with Crippen molar-refractivity contribution < 1.29 is 14.3 Å². The highest BCUT2D eigenvalue weighted by Gasteiger charge is 2.17. The molecule has 1 saturated heterocycles. The van der Waals surface area contributed by atoms with Crippen LogP contribution in [-0.4, -0.2) is 48.9 Å². The van der Waals surface area contributed by atoms with Gasteiger partial charge in [0.1, 0.15) is 5.75 Å². The Morgan fingerprint density at radius 3 is 2.48 bits per heavy atom. The number of benzene rings is 2. The van der Waals surface area contributed by atoms with Gasteiger partial charge in [0.15, 0.2) is 6.61 Å². The Labute approximate surface area is 184 Å². The number of hydrogen-bond donors (Lipinski definition) is 1. The maximum Gasteiger partial charge on any atom is 0.262 e. The summed E-state index contributed by atoms with van der Waals surface area (Å²) in [6.07, 6.45) is 1.26. The standard InChI is InChI=1S/C21H23ClN2O3S2/c1-24(2)20(26)15-6-9-17(22)18(12-15)23-19(25)13-27-16-7-4-14(5-8-16)21-28-10-3-11-29-21/h4-9,12,21H,3,10-11,13H2,1-2H3,(H,23,25). The van der Waals surface area contributed by atoms with Crippen LogP contribution >= 0.6 is 35.1 Å². The highest BCUT2D eigenvalue weighted by atomic mass is 35.5. The third kappa shape index (κ3) is 6.07. The predicted octanol–water partition coefficient (Wildman–Crippen LogP) is 4.93. The molecule has 0 aromatic heterocycles. The van der Waals surface area contributed by atoms with Gasteiger partial charge in [0.05, 0.1) is 15.3 Å². The molecule has 0 atom stereocenters. The van der Waals surface area contributed by atoms with Gasteiger partial charge in [-0.2, -0.15) is 0 Å². The van der Waals surface area contributed by atoms with E-state index in [0.717, 1.165) is 0 Å². The summed E-state index contributed by atoms with van der Waals surface area (Å²) in [6.45, 7) is -0.144. The summed E-state index contributed by atoms with van der Waals surface area (Å²) in [6, 6.07) is 12.7. The topological polar surface area (TPSA) is 58.6 Å². The average Bonchev–Trinajstić information content (AvgIpc) is 2.74. The summed E-state index contributed by atoms with van der Waals surface area (Å²) < 4.78 is 6.07. The van der Waals surface area contributed by atoms with E-state index in [1.165, 1.54) is 28.4 Å². The maximum absolute atomic E-state index is 12.3. The number of ether oxygens (including phenoxy) is 1. The Balaban J connectivity index is 1.56. The normalized spacial score (nSPS) is 14.3. The number of carbonyl (C=O) groups excluding carboxylic acids is 2. The van der Waals surface area contributed by atoms with Crippen LogP contribution in [0.2, 0.25) is 5.02 Å². The van der Waals surface area contributed by atoms with Crippen LogP contribution in [0.25, 0.3) is 0 Å². The van der Waals surface area contributed by atoms with Crippen molar-refractivity contribution in [2.45, 2.75) is 11.0 Å². The number of halogens is 1. The molecule has 2 aromatic carbocycles. The van der Waals surface area contributed by atoms with Gasteiger partial charge in [0.2, 0.25) is 0 Å². The van der Waals surface area contributed by atoms with Crippen molar-refractivity contribution in [1.82, 2.24) is 4.90 Å². The molecule has 0 spiro atoms. The third-order valence-corrected chi connectivity index (χ3v) is 7.59. The molecule has 0 radical (unpaired) electrons. The first-order valence-electron chi connectivity index (χ1n) is 9.21. The molecule has 0 bridgehead atoms. The molecular weight excluding hydrogens is 428 g/mol. The molecule has 29 heavy (non-hydrogen) atoms. The van der Waals surface area contributed by atoms with Gasteiger partial charge in [0, 0.05) is 19.7 Å². The van der Waals surface area contributed by atoms with E-state index in [4.69, 9.17) is 16.3 Å². The summed E-state index contributed by atoms with van der Waals surface area (Å²) in [5.74, 6) is 2.52. The van der Waals surface area contributed by atoms with Gasteiger partial charge in [-0.25, -0.2) is 0 Å². The van der Waals surface area contributed by atoms with Gasteiger partial charge in [-0.15, -0.1) is 23.5 Å². The van der Waals surface area contributed by atoms with Crippen LogP contribution in [0, 0.1) is 0 Å². The van der Waals surface area contributed by atoms with E-state index >= 15 is 0 Å². The Bertz CT molecular complexity index is 869. The highest BCUT2D eigenvalue weighted by molar-refractivity contribution is 8.16. The van der Waals surface area contributed by atoms with Gasteiger partial charge in [-0.1, -0.05) is 23.7 Å². The zero-order valence-electron chi connectivity index (χ0n) is 16.3. The largest absolute Gasteiger partial charge is 0.484 e. The monoisotopic (exact) mass is 450 g/mol. The minimum atomic E-state index is -0.344. The fourth-order valence-electron chi connectivity index (χ4n) is 2.75. The van der Waals surface area contributed by atoms with E-state index in [0.29, 0.717) is 26.6 Å². The minimum absolute atomic E-state index is 0.144. The molecule has 5 nitrogen and oxygen atoms in total. The minimum Gasteiger partial charge on any atom is -0.484 e. The smallest absolute Gasteiger partial charge is 0.262 e. The number of nitrogens with zero attached hydrogens (tertiary/aromatic N) is 1. The quantitative estimate of drug-likeness (QED) is 0.676.